The van der Waals surface area contributed by atoms with Crippen molar-refractivity contribution in [2.24, 2.45) is 11.0 Å². The average molecular weight is 209 g/mol. The van der Waals surface area contributed by atoms with E-state index in [2.05, 4.69) is 10.5 Å². The molecule has 2 aliphatic rings. The minimum Gasteiger partial charge on any atom is -0.492 e. The van der Waals surface area contributed by atoms with Gasteiger partial charge in [-0.1, -0.05) is 11.6 Å². The predicted molar refractivity (Wildman–Crippen MR) is 55.0 cm³/mol. The molecule has 1 atom stereocenters. The average Bonchev–Trinajstić information content (AvgIpc) is 2.65. The van der Waals surface area contributed by atoms with Crippen LogP contribution in [0.5, 0.6) is 5.75 Å². The van der Waals surface area contributed by atoms with Gasteiger partial charge in [-0.15, -0.1) is 0 Å². The maximum Gasteiger partial charge on any atom is 0.129 e. The highest BCUT2D eigenvalue weighted by molar-refractivity contribution is 6.31. The fourth-order valence-corrected chi connectivity index (χ4v) is 2.03. The number of halogens is 1. The zero-order valence-electron chi connectivity index (χ0n) is 7.46. The molecule has 0 amide bonds. The number of fused-ring (bicyclic) bond motifs is 3. The van der Waals surface area contributed by atoms with Crippen molar-refractivity contribution in [1.82, 2.24) is 5.43 Å². The van der Waals surface area contributed by atoms with Crippen LogP contribution in [-0.4, -0.2) is 18.9 Å². The topological polar surface area (TPSA) is 33.6 Å². The Morgan fingerprint density at radius 1 is 1.50 bits per heavy atom. The van der Waals surface area contributed by atoms with Gasteiger partial charge in [-0.25, -0.2) is 0 Å². The van der Waals surface area contributed by atoms with E-state index in [1.165, 1.54) is 0 Å². The van der Waals surface area contributed by atoms with Gasteiger partial charge in [0.05, 0.1) is 18.2 Å². The summed E-state index contributed by atoms with van der Waals surface area (Å²) >= 11 is 5.88. The number of rotatable bonds is 0. The van der Waals surface area contributed by atoms with Crippen molar-refractivity contribution in [3.8, 4) is 5.75 Å². The summed E-state index contributed by atoms with van der Waals surface area (Å²) < 4.78 is 5.61. The van der Waals surface area contributed by atoms with Gasteiger partial charge in [0.25, 0.3) is 0 Å². The summed E-state index contributed by atoms with van der Waals surface area (Å²) in [4.78, 5) is 0. The SMILES string of the molecule is Clc1ccc2c(c1)OCC1CNN=C21. The Hall–Kier alpha value is -1.22. The van der Waals surface area contributed by atoms with Crippen LogP contribution in [0.2, 0.25) is 5.02 Å². The fourth-order valence-electron chi connectivity index (χ4n) is 1.86. The van der Waals surface area contributed by atoms with Crippen molar-refractivity contribution >= 4 is 17.3 Å². The molecule has 0 spiro atoms. The monoisotopic (exact) mass is 208 g/mol. The zero-order chi connectivity index (χ0) is 9.54. The summed E-state index contributed by atoms with van der Waals surface area (Å²) in [5.74, 6) is 1.24. The molecule has 0 radical (unpaired) electrons. The van der Waals surface area contributed by atoms with Crippen molar-refractivity contribution in [2.45, 2.75) is 0 Å². The van der Waals surface area contributed by atoms with Crippen LogP contribution in [0.15, 0.2) is 23.3 Å². The molecule has 2 heterocycles. The molecule has 72 valence electrons. The summed E-state index contributed by atoms with van der Waals surface area (Å²) in [5.41, 5.74) is 5.16. The second kappa shape index (κ2) is 2.89. The maximum absolute atomic E-state index is 5.88. The van der Waals surface area contributed by atoms with Crippen molar-refractivity contribution in [2.75, 3.05) is 13.2 Å². The van der Waals surface area contributed by atoms with Gasteiger partial charge >= 0.3 is 0 Å². The van der Waals surface area contributed by atoms with Crippen LogP contribution in [0.25, 0.3) is 0 Å². The highest BCUT2D eigenvalue weighted by Gasteiger charge is 2.30. The second-order valence-corrected chi connectivity index (χ2v) is 3.94. The molecular weight excluding hydrogens is 200 g/mol. The molecule has 3 rings (SSSR count). The molecule has 0 aromatic heterocycles. The highest BCUT2D eigenvalue weighted by Crippen LogP contribution is 2.31. The Labute approximate surface area is 86.7 Å². The summed E-state index contributed by atoms with van der Waals surface area (Å²) in [6.45, 7) is 1.57. The van der Waals surface area contributed by atoms with Gasteiger partial charge in [-0.3, -0.25) is 0 Å². The van der Waals surface area contributed by atoms with Crippen LogP contribution in [0.1, 0.15) is 5.56 Å². The molecule has 1 unspecified atom stereocenters. The van der Waals surface area contributed by atoms with Gasteiger partial charge < -0.3 is 10.2 Å². The van der Waals surface area contributed by atoms with Gasteiger partial charge in [0.2, 0.25) is 0 Å². The number of nitrogens with zero attached hydrogens (tertiary/aromatic N) is 1. The number of hydrogen-bond donors (Lipinski definition) is 1. The quantitative estimate of drug-likeness (QED) is 0.704. The molecule has 1 aromatic rings. The number of ether oxygens (including phenoxy) is 1. The van der Waals surface area contributed by atoms with E-state index in [9.17, 15) is 0 Å². The number of hydrogen-bond acceptors (Lipinski definition) is 3. The minimum absolute atomic E-state index is 0.392. The Balaban J connectivity index is 2.14. The zero-order valence-corrected chi connectivity index (χ0v) is 8.21. The van der Waals surface area contributed by atoms with Crippen molar-refractivity contribution in [3.05, 3.63) is 28.8 Å². The molecule has 14 heavy (non-hydrogen) atoms. The summed E-state index contributed by atoms with van der Waals surface area (Å²) in [5, 5.41) is 4.97. The van der Waals surface area contributed by atoms with E-state index in [-0.39, 0.29) is 0 Å². The molecule has 0 aliphatic carbocycles. The molecule has 0 saturated heterocycles. The Kier molecular flexibility index (Phi) is 1.67. The molecule has 1 aromatic carbocycles. The fraction of sp³-hybridized carbons (Fsp3) is 0.300. The summed E-state index contributed by atoms with van der Waals surface area (Å²) in [6.07, 6.45) is 0. The molecule has 0 saturated carbocycles. The minimum atomic E-state index is 0.392. The lowest BCUT2D eigenvalue weighted by Gasteiger charge is -2.22. The van der Waals surface area contributed by atoms with E-state index in [0.717, 1.165) is 23.6 Å². The number of hydrazone groups is 1. The standard InChI is InChI=1S/C10H9ClN2O/c11-7-1-2-8-9(3-7)14-5-6-4-12-13-10(6)8/h1-3,6,12H,4-5H2. The van der Waals surface area contributed by atoms with Gasteiger partial charge in [0, 0.05) is 17.1 Å². The molecule has 0 fully saturated rings. The predicted octanol–water partition coefficient (Wildman–Crippen LogP) is 1.66. The number of benzene rings is 1. The van der Waals surface area contributed by atoms with Crippen LogP contribution >= 0.6 is 11.6 Å². The van der Waals surface area contributed by atoms with Gasteiger partial charge in [-0.2, -0.15) is 5.10 Å². The number of nitrogens with one attached hydrogen (secondary N) is 1. The first-order valence-corrected chi connectivity index (χ1v) is 4.95. The first-order valence-electron chi connectivity index (χ1n) is 4.58. The van der Waals surface area contributed by atoms with Crippen molar-refractivity contribution in [3.63, 3.8) is 0 Å². The van der Waals surface area contributed by atoms with E-state index in [0.29, 0.717) is 17.5 Å². The van der Waals surface area contributed by atoms with E-state index < -0.39 is 0 Å². The normalized spacial score (nSPS) is 22.9. The van der Waals surface area contributed by atoms with E-state index in [4.69, 9.17) is 16.3 Å². The van der Waals surface area contributed by atoms with Crippen LogP contribution in [-0.2, 0) is 0 Å². The van der Waals surface area contributed by atoms with E-state index >= 15 is 0 Å². The van der Waals surface area contributed by atoms with Crippen LogP contribution in [0.3, 0.4) is 0 Å². The Bertz CT molecular complexity index is 417. The Morgan fingerprint density at radius 2 is 2.43 bits per heavy atom. The smallest absolute Gasteiger partial charge is 0.129 e. The lowest BCUT2D eigenvalue weighted by atomic mass is 9.95. The lowest BCUT2D eigenvalue weighted by molar-refractivity contribution is 0.278. The van der Waals surface area contributed by atoms with Gasteiger partial charge in [-0.05, 0) is 18.2 Å². The van der Waals surface area contributed by atoms with Crippen molar-refractivity contribution in [1.29, 1.82) is 0 Å². The van der Waals surface area contributed by atoms with Crippen LogP contribution in [0.4, 0.5) is 0 Å². The molecule has 0 bridgehead atoms. The first kappa shape index (κ1) is 8.12. The third kappa shape index (κ3) is 1.09. The maximum atomic E-state index is 5.88. The molecular formula is C10H9ClN2O. The second-order valence-electron chi connectivity index (χ2n) is 3.51. The molecule has 2 aliphatic heterocycles. The van der Waals surface area contributed by atoms with Crippen molar-refractivity contribution < 1.29 is 4.74 Å². The lowest BCUT2D eigenvalue weighted by Crippen LogP contribution is -2.28. The third-order valence-electron chi connectivity index (χ3n) is 2.58. The van der Waals surface area contributed by atoms with Crippen LogP contribution in [0, 0.1) is 5.92 Å². The van der Waals surface area contributed by atoms with Gasteiger partial charge in [0.1, 0.15) is 5.75 Å². The summed E-state index contributed by atoms with van der Waals surface area (Å²) in [6, 6.07) is 5.68. The molecule has 4 heteroatoms. The van der Waals surface area contributed by atoms with E-state index in [1.54, 1.807) is 0 Å². The van der Waals surface area contributed by atoms with Crippen LogP contribution < -0.4 is 10.2 Å². The van der Waals surface area contributed by atoms with Gasteiger partial charge in [0.15, 0.2) is 0 Å². The third-order valence-corrected chi connectivity index (χ3v) is 2.82. The largest absolute Gasteiger partial charge is 0.492 e. The highest BCUT2D eigenvalue weighted by atomic mass is 35.5. The van der Waals surface area contributed by atoms with E-state index in [1.807, 2.05) is 18.2 Å². The summed E-state index contributed by atoms with van der Waals surface area (Å²) in [7, 11) is 0. The first-order chi connectivity index (χ1) is 6.84. The molecule has 3 nitrogen and oxygen atoms in total. The molecule has 1 N–H and O–H groups in total. The Morgan fingerprint density at radius 3 is 3.36 bits per heavy atom.